The van der Waals surface area contributed by atoms with Gasteiger partial charge < -0.3 is 4.74 Å². The molecule has 114 valence electrons. The van der Waals surface area contributed by atoms with Gasteiger partial charge in [-0.2, -0.15) is 5.10 Å². The lowest BCUT2D eigenvalue weighted by atomic mass is 10.2. The molecule has 5 nitrogen and oxygen atoms in total. The Kier molecular flexibility index (Phi) is 6.11. The smallest absolute Gasteiger partial charge is 0.289 e. The zero-order chi connectivity index (χ0) is 15.6. The van der Waals surface area contributed by atoms with E-state index in [0.29, 0.717) is 5.69 Å². The molecule has 0 fully saturated rings. The number of rotatable bonds is 7. The van der Waals surface area contributed by atoms with Crippen molar-refractivity contribution in [1.29, 1.82) is 0 Å². The van der Waals surface area contributed by atoms with Crippen molar-refractivity contribution in [3.05, 3.63) is 59.9 Å². The van der Waals surface area contributed by atoms with Crippen LogP contribution in [-0.2, 0) is 0 Å². The maximum Gasteiger partial charge on any atom is 0.289 e. The minimum absolute atomic E-state index is 0.333. The van der Waals surface area contributed by atoms with Gasteiger partial charge in [0, 0.05) is 6.20 Å². The van der Waals surface area contributed by atoms with E-state index in [0.717, 1.165) is 30.8 Å². The van der Waals surface area contributed by atoms with Gasteiger partial charge in [0.25, 0.3) is 5.91 Å². The standard InChI is InChI=1S/C17H19N3O2/c1-2-3-12-22-15-9-7-14(8-10-15)13-19-20-17(21)16-6-4-5-11-18-16/h4-11,13H,2-3,12H2,1H3,(H,20,21). The summed E-state index contributed by atoms with van der Waals surface area (Å²) in [5.74, 6) is 0.500. The zero-order valence-electron chi connectivity index (χ0n) is 12.5. The summed E-state index contributed by atoms with van der Waals surface area (Å²) in [5.41, 5.74) is 3.65. The summed E-state index contributed by atoms with van der Waals surface area (Å²) in [6.45, 7) is 2.85. The van der Waals surface area contributed by atoms with Crippen LogP contribution in [0, 0.1) is 0 Å². The first-order valence-electron chi connectivity index (χ1n) is 7.27. The lowest BCUT2D eigenvalue weighted by Gasteiger charge is -2.04. The maximum atomic E-state index is 11.7. The number of carbonyl (C=O) groups is 1. The monoisotopic (exact) mass is 297 g/mol. The molecular weight excluding hydrogens is 278 g/mol. The molecule has 0 atom stereocenters. The molecule has 22 heavy (non-hydrogen) atoms. The first-order valence-corrected chi connectivity index (χ1v) is 7.27. The van der Waals surface area contributed by atoms with Gasteiger partial charge in [-0.15, -0.1) is 0 Å². The Labute approximate surface area is 130 Å². The molecule has 0 aliphatic rings. The summed E-state index contributed by atoms with van der Waals surface area (Å²) in [6, 6.07) is 12.7. The fraction of sp³-hybridized carbons (Fsp3) is 0.235. The number of hydrazone groups is 1. The number of nitrogens with zero attached hydrogens (tertiary/aromatic N) is 2. The molecule has 0 unspecified atom stereocenters. The van der Waals surface area contributed by atoms with Crippen LogP contribution in [0.15, 0.2) is 53.8 Å². The summed E-state index contributed by atoms with van der Waals surface area (Å²) >= 11 is 0. The van der Waals surface area contributed by atoms with Gasteiger partial charge in [-0.3, -0.25) is 9.78 Å². The van der Waals surface area contributed by atoms with Gasteiger partial charge in [-0.1, -0.05) is 19.4 Å². The Hall–Kier alpha value is -2.69. The van der Waals surface area contributed by atoms with E-state index < -0.39 is 0 Å². The molecule has 0 saturated heterocycles. The SMILES string of the molecule is CCCCOc1ccc(C=NNC(=O)c2ccccn2)cc1. The Morgan fingerprint density at radius 2 is 2.09 bits per heavy atom. The Bertz CT molecular complexity index is 610. The molecule has 1 aromatic carbocycles. The molecule has 1 aromatic heterocycles. The van der Waals surface area contributed by atoms with Crippen molar-refractivity contribution in [2.24, 2.45) is 5.10 Å². The third-order valence-corrected chi connectivity index (χ3v) is 2.92. The minimum Gasteiger partial charge on any atom is -0.494 e. The molecule has 0 aliphatic carbocycles. The van der Waals surface area contributed by atoms with Crippen LogP contribution in [0.5, 0.6) is 5.75 Å². The molecule has 1 amide bonds. The number of amides is 1. The van der Waals surface area contributed by atoms with Crippen molar-refractivity contribution >= 4 is 12.1 Å². The predicted molar refractivity (Wildman–Crippen MR) is 86.1 cm³/mol. The van der Waals surface area contributed by atoms with Gasteiger partial charge in [0.05, 0.1) is 12.8 Å². The summed E-state index contributed by atoms with van der Waals surface area (Å²) in [5, 5.41) is 3.92. The topological polar surface area (TPSA) is 63.6 Å². The highest BCUT2D eigenvalue weighted by Gasteiger charge is 2.03. The first-order chi connectivity index (χ1) is 10.8. The van der Waals surface area contributed by atoms with Gasteiger partial charge in [-0.05, 0) is 48.4 Å². The molecule has 0 spiro atoms. The van der Waals surface area contributed by atoms with Crippen LogP contribution >= 0.6 is 0 Å². The number of carbonyl (C=O) groups excluding carboxylic acids is 1. The number of unbranched alkanes of at least 4 members (excludes halogenated alkanes) is 1. The fourth-order valence-electron chi connectivity index (χ4n) is 1.70. The van der Waals surface area contributed by atoms with Gasteiger partial charge in [0.2, 0.25) is 0 Å². The van der Waals surface area contributed by atoms with Gasteiger partial charge >= 0.3 is 0 Å². The summed E-state index contributed by atoms with van der Waals surface area (Å²) in [6.07, 6.45) is 5.30. The molecule has 1 N–H and O–H groups in total. The minimum atomic E-state index is -0.337. The second-order valence-electron chi connectivity index (χ2n) is 4.69. The van der Waals surface area contributed by atoms with Gasteiger partial charge in [0.15, 0.2) is 0 Å². The molecule has 0 bridgehead atoms. The molecule has 2 rings (SSSR count). The quantitative estimate of drug-likeness (QED) is 0.485. The lowest BCUT2D eigenvalue weighted by Crippen LogP contribution is -2.18. The number of pyridine rings is 1. The van der Waals surface area contributed by atoms with E-state index >= 15 is 0 Å². The Balaban J connectivity index is 1.84. The maximum absolute atomic E-state index is 11.7. The number of aromatic nitrogens is 1. The van der Waals surface area contributed by atoms with E-state index in [2.05, 4.69) is 22.4 Å². The van der Waals surface area contributed by atoms with E-state index in [4.69, 9.17) is 4.74 Å². The number of hydrogen-bond acceptors (Lipinski definition) is 4. The highest BCUT2D eigenvalue weighted by atomic mass is 16.5. The van der Waals surface area contributed by atoms with Gasteiger partial charge in [-0.25, -0.2) is 5.43 Å². The van der Waals surface area contributed by atoms with E-state index in [1.807, 2.05) is 24.3 Å². The number of ether oxygens (including phenoxy) is 1. The highest BCUT2D eigenvalue weighted by molar-refractivity contribution is 5.93. The van der Waals surface area contributed by atoms with Crippen LogP contribution in [0.1, 0.15) is 35.8 Å². The van der Waals surface area contributed by atoms with Crippen LogP contribution in [-0.4, -0.2) is 23.7 Å². The third kappa shape index (κ3) is 5.01. The van der Waals surface area contributed by atoms with Crippen LogP contribution in [0.3, 0.4) is 0 Å². The van der Waals surface area contributed by atoms with Crippen LogP contribution in [0.25, 0.3) is 0 Å². The summed E-state index contributed by atoms with van der Waals surface area (Å²) in [7, 11) is 0. The second-order valence-corrected chi connectivity index (χ2v) is 4.69. The van der Waals surface area contributed by atoms with Crippen molar-refractivity contribution < 1.29 is 9.53 Å². The van der Waals surface area contributed by atoms with Crippen LogP contribution in [0.4, 0.5) is 0 Å². The van der Waals surface area contributed by atoms with E-state index in [-0.39, 0.29) is 5.91 Å². The lowest BCUT2D eigenvalue weighted by molar-refractivity contribution is 0.0950. The average Bonchev–Trinajstić information content (AvgIpc) is 2.57. The average molecular weight is 297 g/mol. The Morgan fingerprint density at radius 3 is 2.77 bits per heavy atom. The number of nitrogens with one attached hydrogen (secondary N) is 1. The molecule has 0 saturated carbocycles. The predicted octanol–water partition coefficient (Wildman–Crippen LogP) is 3.02. The molecular formula is C17H19N3O2. The third-order valence-electron chi connectivity index (χ3n) is 2.92. The normalized spacial score (nSPS) is 10.6. The van der Waals surface area contributed by atoms with Crippen molar-refractivity contribution in [3.8, 4) is 5.75 Å². The molecule has 1 heterocycles. The van der Waals surface area contributed by atoms with Crippen molar-refractivity contribution in [1.82, 2.24) is 10.4 Å². The molecule has 5 heteroatoms. The zero-order valence-corrected chi connectivity index (χ0v) is 12.5. The second kappa shape index (κ2) is 8.56. The largest absolute Gasteiger partial charge is 0.494 e. The van der Waals surface area contributed by atoms with Crippen LogP contribution in [0.2, 0.25) is 0 Å². The molecule has 2 aromatic rings. The van der Waals surface area contributed by atoms with Gasteiger partial charge in [0.1, 0.15) is 11.4 Å². The fourth-order valence-corrected chi connectivity index (χ4v) is 1.70. The highest BCUT2D eigenvalue weighted by Crippen LogP contribution is 2.11. The van der Waals surface area contributed by atoms with E-state index in [1.54, 1.807) is 30.6 Å². The Morgan fingerprint density at radius 1 is 1.27 bits per heavy atom. The summed E-state index contributed by atoms with van der Waals surface area (Å²) in [4.78, 5) is 15.7. The summed E-state index contributed by atoms with van der Waals surface area (Å²) < 4.78 is 5.58. The van der Waals surface area contributed by atoms with Crippen LogP contribution < -0.4 is 10.2 Å². The van der Waals surface area contributed by atoms with Crippen molar-refractivity contribution in [3.63, 3.8) is 0 Å². The van der Waals surface area contributed by atoms with E-state index in [1.165, 1.54) is 0 Å². The number of benzene rings is 1. The van der Waals surface area contributed by atoms with Crippen molar-refractivity contribution in [2.75, 3.05) is 6.61 Å². The van der Waals surface area contributed by atoms with E-state index in [9.17, 15) is 4.79 Å². The molecule has 0 aliphatic heterocycles. The molecule has 0 radical (unpaired) electrons. The number of hydrogen-bond donors (Lipinski definition) is 1. The first kappa shape index (κ1) is 15.7. The van der Waals surface area contributed by atoms with Crippen molar-refractivity contribution in [2.45, 2.75) is 19.8 Å².